The van der Waals surface area contributed by atoms with Gasteiger partial charge in [0.1, 0.15) is 11.4 Å². The summed E-state index contributed by atoms with van der Waals surface area (Å²) in [6, 6.07) is 12.6. The average Bonchev–Trinajstić information content (AvgIpc) is 2.88. The lowest BCUT2D eigenvalue weighted by molar-refractivity contribution is 0.944. The van der Waals surface area contributed by atoms with Crippen molar-refractivity contribution in [1.82, 2.24) is 15.4 Å². The van der Waals surface area contributed by atoms with Crippen LogP contribution in [0.3, 0.4) is 0 Å². The summed E-state index contributed by atoms with van der Waals surface area (Å²) in [5.74, 6) is 0. The Hall–Kier alpha value is -1.55. The number of nitrogens with zero attached hydrogens (tertiary/aromatic N) is 2. The van der Waals surface area contributed by atoms with Crippen molar-refractivity contribution in [3.8, 4) is 22.5 Å². The highest BCUT2D eigenvalue weighted by molar-refractivity contribution is 6.36. The van der Waals surface area contributed by atoms with E-state index in [0.717, 1.165) is 11.1 Å². The third-order valence-corrected chi connectivity index (χ3v) is 3.65. The van der Waals surface area contributed by atoms with Gasteiger partial charge in [-0.05, 0) is 30.3 Å². The van der Waals surface area contributed by atoms with Crippen LogP contribution in [0.5, 0.6) is 0 Å². The van der Waals surface area contributed by atoms with Crippen molar-refractivity contribution in [2.45, 2.75) is 0 Å². The first kappa shape index (κ1) is 13.4. The molecule has 6 heteroatoms. The molecule has 0 spiro atoms. The van der Waals surface area contributed by atoms with Crippen molar-refractivity contribution in [2.24, 2.45) is 0 Å². The monoisotopic (exact) mass is 323 g/mol. The van der Waals surface area contributed by atoms with Crippen LogP contribution in [0.25, 0.3) is 22.5 Å². The molecule has 0 bridgehead atoms. The van der Waals surface area contributed by atoms with E-state index in [4.69, 9.17) is 34.8 Å². The van der Waals surface area contributed by atoms with Crippen LogP contribution in [0.1, 0.15) is 0 Å². The highest BCUT2D eigenvalue weighted by Gasteiger charge is 2.15. The van der Waals surface area contributed by atoms with Crippen molar-refractivity contribution in [1.29, 1.82) is 0 Å². The second-order valence-corrected chi connectivity index (χ2v) is 5.43. The molecule has 3 nitrogen and oxygen atoms in total. The van der Waals surface area contributed by atoms with E-state index in [1.807, 2.05) is 18.2 Å². The van der Waals surface area contributed by atoms with Crippen LogP contribution in [-0.4, -0.2) is 15.4 Å². The lowest BCUT2D eigenvalue weighted by Gasteiger charge is -2.04. The second-order valence-electron chi connectivity index (χ2n) is 4.15. The maximum atomic E-state index is 6.22. The minimum Gasteiger partial charge on any atom is -0.197 e. The maximum Gasteiger partial charge on any atom is 0.122 e. The second kappa shape index (κ2) is 5.44. The number of aromatic nitrogens is 3. The Morgan fingerprint density at radius 1 is 0.750 bits per heavy atom. The Bertz CT molecular complexity index is 751. The van der Waals surface area contributed by atoms with E-state index in [9.17, 15) is 0 Å². The minimum atomic E-state index is 0.529. The number of H-pyrrole nitrogens is 1. The topological polar surface area (TPSA) is 41.6 Å². The van der Waals surface area contributed by atoms with Gasteiger partial charge in [-0.3, -0.25) is 0 Å². The number of hydrogen-bond donors (Lipinski definition) is 1. The molecule has 0 saturated heterocycles. The smallest absolute Gasteiger partial charge is 0.122 e. The Balaban J connectivity index is 2.12. The van der Waals surface area contributed by atoms with E-state index < -0.39 is 0 Å². The average molecular weight is 325 g/mol. The summed E-state index contributed by atoms with van der Waals surface area (Å²) in [6.45, 7) is 0. The summed E-state index contributed by atoms with van der Waals surface area (Å²) in [6.07, 6.45) is 0. The third kappa shape index (κ3) is 2.52. The van der Waals surface area contributed by atoms with Crippen LogP contribution in [0.4, 0.5) is 0 Å². The molecule has 0 radical (unpaired) electrons. The molecule has 1 aromatic heterocycles. The van der Waals surface area contributed by atoms with E-state index in [0.29, 0.717) is 26.5 Å². The molecule has 1 heterocycles. The van der Waals surface area contributed by atoms with E-state index >= 15 is 0 Å². The molecule has 0 aliphatic rings. The molecule has 0 saturated carbocycles. The molecule has 3 rings (SSSR count). The predicted molar refractivity (Wildman–Crippen MR) is 82.3 cm³/mol. The number of nitrogens with one attached hydrogen (secondary N) is 1. The molecular formula is C14H8Cl3N3. The highest BCUT2D eigenvalue weighted by Crippen LogP contribution is 2.34. The Kier molecular flexibility index (Phi) is 3.66. The van der Waals surface area contributed by atoms with E-state index in [2.05, 4.69) is 15.4 Å². The first-order valence-electron chi connectivity index (χ1n) is 5.77. The van der Waals surface area contributed by atoms with Gasteiger partial charge in [-0.15, -0.1) is 0 Å². The fraction of sp³-hybridized carbons (Fsp3) is 0. The first-order valence-corrected chi connectivity index (χ1v) is 6.90. The quantitative estimate of drug-likeness (QED) is 0.712. The van der Waals surface area contributed by atoms with Gasteiger partial charge < -0.3 is 0 Å². The van der Waals surface area contributed by atoms with Gasteiger partial charge >= 0.3 is 0 Å². The van der Waals surface area contributed by atoms with Crippen molar-refractivity contribution < 1.29 is 0 Å². The largest absolute Gasteiger partial charge is 0.197 e. The summed E-state index contributed by atoms with van der Waals surface area (Å²) < 4.78 is 0. The molecule has 2 aromatic carbocycles. The summed E-state index contributed by atoms with van der Waals surface area (Å²) in [4.78, 5) is 0. The fourth-order valence-electron chi connectivity index (χ4n) is 1.91. The summed E-state index contributed by atoms with van der Waals surface area (Å²) >= 11 is 18.0. The molecular weight excluding hydrogens is 317 g/mol. The molecule has 20 heavy (non-hydrogen) atoms. The molecule has 100 valence electrons. The zero-order chi connectivity index (χ0) is 14.1. The molecule has 0 aliphatic heterocycles. The van der Waals surface area contributed by atoms with Gasteiger partial charge in [0.15, 0.2) is 0 Å². The standard InChI is InChI=1S/C14H8Cl3N3/c15-9-3-1-8(2-4-9)13-14(19-20-18-13)11-6-5-10(16)7-12(11)17/h1-7H,(H,18,19,20). The van der Waals surface area contributed by atoms with Gasteiger partial charge in [-0.25, -0.2) is 0 Å². The number of halogens is 3. The lowest BCUT2D eigenvalue weighted by atomic mass is 10.1. The summed E-state index contributed by atoms with van der Waals surface area (Å²) in [5.41, 5.74) is 3.07. The van der Waals surface area contributed by atoms with E-state index in [-0.39, 0.29) is 0 Å². The molecule has 0 fully saturated rings. The third-order valence-electron chi connectivity index (χ3n) is 2.85. The minimum absolute atomic E-state index is 0.529. The van der Waals surface area contributed by atoms with Crippen molar-refractivity contribution in [3.05, 3.63) is 57.5 Å². The number of rotatable bonds is 2. The van der Waals surface area contributed by atoms with Gasteiger partial charge in [0.25, 0.3) is 0 Å². The molecule has 3 aromatic rings. The number of hydrogen-bond acceptors (Lipinski definition) is 2. The first-order chi connectivity index (χ1) is 9.65. The van der Waals surface area contributed by atoms with Crippen molar-refractivity contribution >= 4 is 34.8 Å². The van der Waals surface area contributed by atoms with Gasteiger partial charge in [0, 0.05) is 21.2 Å². The van der Waals surface area contributed by atoms with E-state index in [1.54, 1.807) is 24.3 Å². The molecule has 0 amide bonds. The normalized spacial score (nSPS) is 10.8. The Labute approximate surface area is 130 Å². The SMILES string of the molecule is Clc1ccc(-c2n[nH]nc2-c2ccc(Cl)cc2Cl)cc1. The predicted octanol–water partition coefficient (Wildman–Crippen LogP) is 5.10. The van der Waals surface area contributed by atoms with Gasteiger partial charge in [0.2, 0.25) is 0 Å². The summed E-state index contributed by atoms with van der Waals surface area (Å²) in [5, 5.41) is 12.8. The Morgan fingerprint density at radius 2 is 1.40 bits per heavy atom. The van der Waals surface area contributed by atoms with Crippen molar-refractivity contribution in [2.75, 3.05) is 0 Å². The maximum absolute atomic E-state index is 6.22. The fourth-order valence-corrected chi connectivity index (χ4v) is 2.53. The van der Waals surface area contributed by atoms with Gasteiger partial charge in [-0.1, -0.05) is 46.9 Å². The van der Waals surface area contributed by atoms with Gasteiger partial charge in [0.05, 0.1) is 5.02 Å². The van der Waals surface area contributed by atoms with Crippen molar-refractivity contribution in [3.63, 3.8) is 0 Å². The zero-order valence-corrected chi connectivity index (χ0v) is 12.3. The Morgan fingerprint density at radius 3 is 2.10 bits per heavy atom. The van der Waals surface area contributed by atoms with Crippen LogP contribution >= 0.6 is 34.8 Å². The van der Waals surface area contributed by atoms with E-state index in [1.165, 1.54) is 0 Å². The lowest BCUT2D eigenvalue weighted by Crippen LogP contribution is -1.85. The summed E-state index contributed by atoms with van der Waals surface area (Å²) in [7, 11) is 0. The number of aromatic amines is 1. The molecule has 0 aliphatic carbocycles. The molecule has 0 atom stereocenters. The van der Waals surface area contributed by atoms with Crippen LogP contribution in [0.2, 0.25) is 15.1 Å². The zero-order valence-electron chi connectivity index (χ0n) is 10.1. The van der Waals surface area contributed by atoms with Gasteiger partial charge in [-0.2, -0.15) is 15.4 Å². The van der Waals surface area contributed by atoms with Crippen LogP contribution in [0, 0.1) is 0 Å². The molecule has 0 unspecified atom stereocenters. The van der Waals surface area contributed by atoms with Crippen LogP contribution in [-0.2, 0) is 0 Å². The molecule has 1 N–H and O–H groups in total. The van der Waals surface area contributed by atoms with Crippen LogP contribution in [0.15, 0.2) is 42.5 Å². The van der Waals surface area contributed by atoms with Crippen LogP contribution < -0.4 is 0 Å². The number of benzene rings is 2. The highest BCUT2D eigenvalue weighted by atomic mass is 35.5.